The molecular weight excluding hydrogens is 514 g/mol. The van der Waals surface area contributed by atoms with Gasteiger partial charge in [0.1, 0.15) is 17.6 Å². The van der Waals surface area contributed by atoms with Crippen molar-refractivity contribution in [1.29, 1.82) is 0 Å². The molecule has 1 unspecified atom stereocenters. The summed E-state index contributed by atoms with van der Waals surface area (Å²) < 4.78 is 5.16. The molecule has 9 nitrogen and oxygen atoms in total. The molecule has 5 rings (SSSR count). The van der Waals surface area contributed by atoms with Gasteiger partial charge in [-0.25, -0.2) is 4.99 Å². The average molecular weight is 542 g/mol. The highest BCUT2D eigenvalue weighted by molar-refractivity contribution is 8.14. The van der Waals surface area contributed by atoms with E-state index in [9.17, 15) is 14.4 Å². The van der Waals surface area contributed by atoms with E-state index in [2.05, 4.69) is 15.6 Å². The maximum atomic E-state index is 13.0. The van der Waals surface area contributed by atoms with E-state index in [1.165, 1.54) is 11.8 Å². The van der Waals surface area contributed by atoms with Crippen LogP contribution >= 0.6 is 11.8 Å². The molecule has 198 valence electrons. The predicted molar refractivity (Wildman–Crippen MR) is 152 cm³/mol. The van der Waals surface area contributed by atoms with Gasteiger partial charge >= 0.3 is 0 Å². The van der Waals surface area contributed by atoms with Gasteiger partial charge in [-0.15, -0.1) is 0 Å². The topological polar surface area (TPSA) is 112 Å². The summed E-state index contributed by atoms with van der Waals surface area (Å²) in [5.41, 5.74) is 3.07. The molecule has 0 saturated carbocycles. The molecule has 10 heteroatoms. The SMILES string of the molecule is COc1ccc(NC(=O)CSC2=Nc3ccccc3C3=NC(=O)C(CCC(=O)NCc4ccccc4)N23)cc1. The highest BCUT2D eigenvalue weighted by atomic mass is 32.2. The number of hydrogen-bond donors (Lipinski definition) is 2. The van der Waals surface area contributed by atoms with Crippen LogP contribution in [0.25, 0.3) is 0 Å². The average Bonchev–Trinajstić information content (AvgIpc) is 3.30. The molecule has 0 saturated heterocycles. The van der Waals surface area contributed by atoms with Gasteiger partial charge in [-0.2, -0.15) is 4.99 Å². The molecule has 2 aliphatic rings. The Kier molecular flexibility index (Phi) is 8.02. The summed E-state index contributed by atoms with van der Waals surface area (Å²) in [5.74, 6) is 0.583. The summed E-state index contributed by atoms with van der Waals surface area (Å²) in [6.45, 7) is 0.420. The van der Waals surface area contributed by atoms with Crippen molar-refractivity contribution in [1.82, 2.24) is 10.2 Å². The molecule has 2 aliphatic heterocycles. The first-order valence-electron chi connectivity index (χ1n) is 12.5. The Morgan fingerprint density at radius 1 is 0.949 bits per heavy atom. The van der Waals surface area contributed by atoms with Crippen LogP contribution in [0.1, 0.15) is 24.0 Å². The highest BCUT2D eigenvalue weighted by Gasteiger charge is 2.41. The minimum absolute atomic E-state index is 0.0787. The Morgan fingerprint density at radius 2 is 1.69 bits per heavy atom. The number of thioether (sulfide) groups is 1. The number of aliphatic imine (C=N–C) groups is 2. The number of amides is 3. The number of ether oxygens (including phenoxy) is 1. The zero-order valence-corrected chi connectivity index (χ0v) is 22.1. The van der Waals surface area contributed by atoms with Gasteiger partial charge in [0.25, 0.3) is 5.91 Å². The van der Waals surface area contributed by atoms with Gasteiger partial charge in [-0.1, -0.05) is 54.2 Å². The molecular formula is C29H27N5O4S. The Balaban J connectivity index is 1.26. The fraction of sp³-hybridized carbons (Fsp3) is 0.207. The van der Waals surface area contributed by atoms with Crippen molar-refractivity contribution >= 4 is 51.9 Å². The predicted octanol–water partition coefficient (Wildman–Crippen LogP) is 4.12. The number of carbonyl (C=O) groups is 3. The van der Waals surface area contributed by atoms with E-state index in [-0.39, 0.29) is 36.3 Å². The van der Waals surface area contributed by atoms with Gasteiger partial charge < -0.3 is 15.4 Å². The molecule has 1 atom stereocenters. The maximum absolute atomic E-state index is 13.0. The van der Waals surface area contributed by atoms with Crippen LogP contribution in [0.3, 0.4) is 0 Å². The lowest BCUT2D eigenvalue weighted by Gasteiger charge is -2.31. The first kappa shape index (κ1) is 26.2. The lowest BCUT2D eigenvalue weighted by molar-refractivity contribution is -0.122. The quantitative estimate of drug-likeness (QED) is 0.422. The third-order valence-electron chi connectivity index (χ3n) is 6.29. The third-order valence-corrected chi connectivity index (χ3v) is 7.24. The number of nitrogens with one attached hydrogen (secondary N) is 2. The minimum Gasteiger partial charge on any atom is -0.497 e. The van der Waals surface area contributed by atoms with Gasteiger partial charge in [0.05, 0.1) is 18.6 Å². The number of fused-ring (bicyclic) bond motifs is 3. The number of amidine groups is 2. The number of carbonyl (C=O) groups excluding carboxylic acids is 3. The molecule has 39 heavy (non-hydrogen) atoms. The lowest BCUT2D eigenvalue weighted by atomic mass is 10.1. The maximum Gasteiger partial charge on any atom is 0.270 e. The molecule has 3 amide bonds. The van der Waals surface area contributed by atoms with Crippen LogP contribution in [-0.2, 0) is 20.9 Å². The van der Waals surface area contributed by atoms with Gasteiger partial charge in [-0.05, 0) is 48.4 Å². The Morgan fingerprint density at radius 3 is 2.46 bits per heavy atom. The fourth-order valence-electron chi connectivity index (χ4n) is 4.33. The van der Waals surface area contributed by atoms with Crippen molar-refractivity contribution in [3.8, 4) is 5.75 Å². The standard InChI is InChI=1S/C29H27N5O4S/c1-38-21-13-11-20(12-14-21)31-26(36)18-39-29-32-23-10-6-5-9-22(23)27-33-28(37)24(34(27)29)15-16-25(35)30-17-19-7-3-2-4-8-19/h2-14,24H,15-18H2,1H3,(H,30,35)(H,31,36). The highest BCUT2D eigenvalue weighted by Crippen LogP contribution is 2.35. The molecule has 3 aromatic carbocycles. The Hall–Kier alpha value is -4.44. The monoisotopic (exact) mass is 541 g/mol. The zero-order chi connectivity index (χ0) is 27.2. The summed E-state index contributed by atoms with van der Waals surface area (Å²) in [7, 11) is 1.58. The van der Waals surface area contributed by atoms with E-state index >= 15 is 0 Å². The van der Waals surface area contributed by atoms with E-state index in [4.69, 9.17) is 9.73 Å². The summed E-state index contributed by atoms with van der Waals surface area (Å²) in [4.78, 5) is 49.1. The molecule has 0 aromatic heterocycles. The van der Waals surface area contributed by atoms with E-state index in [1.54, 1.807) is 36.3 Å². The first-order chi connectivity index (χ1) is 19.0. The molecule has 3 aromatic rings. The van der Waals surface area contributed by atoms with Gasteiger partial charge in [0.2, 0.25) is 11.8 Å². The van der Waals surface area contributed by atoms with Crippen molar-refractivity contribution in [3.05, 3.63) is 90.0 Å². The van der Waals surface area contributed by atoms with Crippen LogP contribution in [0.2, 0.25) is 0 Å². The number of anilines is 1. The van der Waals surface area contributed by atoms with Gasteiger partial charge in [-0.3, -0.25) is 19.3 Å². The normalized spacial score (nSPS) is 15.6. The molecule has 2 N–H and O–H groups in total. The first-order valence-corrected chi connectivity index (χ1v) is 13.5. The van der Waals surface area contributed by atoms with Crippen LogP contribution in [0, 0.1) is 0 Å². The van der Waals surface area contributed by atoms with Crippen molar-refractivity contribution in [2.24, 2.45) is 9.98 Å². The smallest absolute Gasteiger partial charge is 0.270 e. The second-order valence-corrected chi connectivity index (χ2v) is 9.88. The van der Waals surface area contributed by atoms with Crippen LogP contribution in [-0.4, -0.2) is 52.5 Å². The van der Waals surface area contributed by atoms with Crippen molar-refractivity contribution < 1.29 is 19.1 Å². The zero-order valence-electron chi connectivity index (χ0n) is 21.3. The van der Waals surface area contributed by atoms with Crippen LogP contribution in [0.4, 0.5) is 11.4 Å². The van der Waals surface area contributed by atoms with Gasteiger partial charge in [0.15, 0.2) is 5.17 Å². The van der Waals surface area contributed by atoms with Crippen LogP contribution in [0.5, 0.6) is 5.75 Å². The van der Waals surface area contributed by atoms with Crippen molar-refractivity contribution in [3.63, 3.8) is 0 Å². The molecule has 0 fully saturated rings. The number of para-hydroxylation sites is 1. The Bertz CT molecular complexity index is 1440. The Labute approximate surface area is 230 Å². The van der Waals surface area contributed by atoms with E-state index < -0.39 is 6.04 Å². The summed E-state index contributed by atoms with van der Waals surface area (Å²) in [5, 5.41) is 6.26. The fourth-order valence-corrected chi connectivity index (χ4v) is 5.18. The van der Waals surface area contributed by atoms with E-state index in [0.29, 0.717) is 34.7 Å². The van der Waals surface area contributed by atoms with Gasteiger partial charge in [0, 0.05) is 24.2 Å². The molecule has 0 radical (unpaired) electrons. The largest absolute Gasteiger partial charge is 0.497 e. The number of hydrogen-bond acceptors (Lipinski definition) is 7. The minimum atomic E-state index is -0.674. The second kappa shape index (κ2) is 12.0. The number of nitrogens with zero attached hydrogens (tertiary/aromatic N) is 3. The summed E-state index contributed by atoms with van der Waals surface area (Å²) in [6.07, 6.45) is 0.423. The number of methoxy groups -OCH3 is 1. The van der Waals surface area contributed by atoms with E-state index in [0.717, 1.165) is 11.1 Å². The van der Waals surface area contributed by atoms with Crippen LogP contribution in [0.15, 0.2) is 88.8 Å². The molecule has 2 heterocycles. The molecule has 0 spiro atoms. The lowest BCUT2D eigenvalue weighted by Crippen LogP contribution is -2.44. The number of rotatable bonds is 9. The second-order valence-electron chi connectivity index (χ2n) is 8.94. The summed E-state index contributed by atoms with van der Waals surface area (Å²) in [6, 6.07) is 23.5. The molecule has 0 aliphatic carbocycles. The number of benzene rings is 3. The summed E-state index contributed by atoms with van der Waals surface area (Å²) >= 11 is 1.23. The molecule has 0 bridgehead atoms. The van der Waals surface area contributed by atoms with Crippen molar-refractivity contribution in [2.45, 2.75) is 25.4 Å². The van der Waals surface area contributed by atoms with Crippen LogP contribution < -0.4 is 15.4 Å². The van der Waals surface area contributed by atoms with Crippen molar-refractivity contribution in [2.75, 3.05) is 18.2 Å². The van der Waals surface area contributed by atoms with E-state index in [1.807, 2.05) is 54.6 Å². The third kappa shape index (κ3) is 6.18.